The molecule has 1 aromatic heterocycles. The average Bonchev–Trinajstić information content (AvgIpc) is 3.34. The molecule has 2 aromatic carbocycles. The van der Waals surface area contributed by atoms with Crippen molar-refractivity contribution in [2.75, 3.05) is 39.3 Å². The van der Waals surface area contributed by atoms with Crippen LogP contribution in [0.15, 0.2) is 71.5 Å². The Labute approximate surface area is 180 Å². The van der Waals surface area contributed by atoms with E-state index in [1.54, 1.807) is 4.90 Å². The molecule has 0 aliphatic carbocycles. The normalized spacial score (nSPS) is 17.4. The SMILES string of the molecule is O=C(c1ccc(-c2ccccc2)cc1)N1CCN(C2CN(C(=O)c3ncco3)C2)CC1. The summed E-state index contributed by atoms with van der Waals surface area (Å²) in [5, 5.41) is 0. The van der Waals surface area contributed by atoms with Gasteiger partial charge in [-0.2, -0.15) is 0 Å². The molecule has 0 radical (unpaired) electrons. The van der Waals surface area contributed by atoms with E-state index in [1.807, 2.05) is 47.4 Å². The Morgan fingerprint density at radius 2 is 1.48 bits per heavy atom. The minimum Gasteiger partial charge on any atom is -0.441 e. The predicted molar refractivity (Wildman–Crippen MR) is 116 cm³/mol. The standard InChI is InChI=1S/C24H24N4O3/c29-23(20-8-6-19(7-9-20)18-4-2-1-3-5-18)27-13-11-26(12-14-27)21-16-28(17-21)24(30)22-25-10-15-31-22/h1-10,15,21H,11-14,16-17H2. The van der Waals surface area contributed by atoms with Gasteiger partial charge < -0.3 is 14.2 Å². The van der Waals surface area contributed by atoms with Gasteiger partial charge in [0.1, 0.15) is 6.26 Å². The van der Waals surface area contributed by atoms with E-state index in [2.05, 4.69) is 22.0 Å². The van der Waals surface area contributed by atoms with Crippen LogP contribution in [-0.2, 0) is 0 Å². The van der Waals surface area contributed by atoms with Crippen molar-refractivity contribution < 1.29 is 14.0 Å². The highest BCUT2D eigenvalue weighted by Crippen LogP contribution is 2.22. The molecule has 0 saturated carbocycles. The summed E-state index contributed by atoms with van der Waals surface area (Å²) in [5.41, 5.74) is 2.97. The van der Waals surface area contributed by atoms with Crippen LogP contribution >= 0.6 is 0 Å². The van der Waals surface area contributed by atoms with E-state index in [-0.39, 0.29) is 17.7 Å². The number of piperazine rings is 1. The van der Waals surface area contributed by atoms with Crippen molar-refractivity contribution in [2.24, 2.45) is 0 Å². The second-order valence-electron chi connectivity index (χ2n) is 7.97. The fourth-order valence-corrected chi connectivity index (χ4v) is 4.22. The maximum Gasteiger partial charge on any atom is 0.309 e. The molecule has 5 rings (SSSR count). The van der Waals surface area contributed by atoms with Gasteiger partial charge in [-0.1, -0.05) is 42.5 Å². The van der Waals surface area contributed by atoms with Gasteiger partial charge in [-0.3, -0.25) is 14.5 Å². The van der Waals surface area contributed by atoms with Crippen molar-refractivity contribution in [3.8, 4) is 11.1 Å². The van der Waals surface area contributed by atoms with Crippen LogP contribution in [0.1, 0.15) is 21.0 Å². The molecule has 0 bridgehead atoms. The van der Waals surface area contributed by atoms with Crippen LogP contribution in [-0.4, -0.2) is 76.8 Å². The highest BCUT2D eigenvalue weighted by molar-refractivity contribution is 5.94. The van der Waals surface area contributed by atoms with Crippen LogP contribution in [0, 0.1) is 0 Å². The van der Waals surface area contributed by atoms with E-state index in [4.69, 9.17) is 4.42 Å². The summed E-state index contributed by atoms with van der Waals surface area (Å²) in [5.74, 6) is 0.0646. The van der Waals surface area contributed by atoms with E-state index in [0.29, 0.717) is 32.2 Å². The van der Waals surface area contributed by atoms with E-state index < -0.39 is 0 Å². The zero-order chi connectivity index (χ0) is 21.2. The summed E-state index contributed by atoms with van der Waals surface area (Å²) in [7, 11) is 0. The van der Waals surface area contributed by atoms with Crippen molar-refractivity contribution in [3.05, 3.63) is 78.5 Å². The summed E-state index contributed by atoms with van der Waals surface area (Å²) in [6, 6.07) is 18.3. The number of rotatable bonds is 4. The Morgan fingerprint density at radius 1 is 0.806 bits per heavy atom. The third kappa shape index (κ3) is 3.96. The third-order valence-corrected chi connectivity index (χ3v) is 6.12. The zero-order valence-electron chi connectivity index (χ0n) is 17.2. The Kier molecular flexibility index (Phi) is 5.26. The van der Waals surface area contributed by atoms with Gasteiger partial charge >= 0.3 is 5.91 Å². The topological polar surface area (TPSA) is 69.9 Å². The molecule has 2 saturated heterocycles. The predicted octanol–water partition coefficient (Wildman–Crippen LogP) is 2.62. The van der Waals surface area contributed by atoms with Gasteiger partial charge in [-0.05, 0) is 23.3 Å². The van der Waals surface area contributed by atoms with Crippen LogP contribution in [0.3, 0.4) is 0 Å². The molecule has 3 aromatic rings. The molecule has 31 heavy (non-hydrogen) atoms. The van der Waals surface area contributed by atoms with Crippen LogP contribution in [0.2, 0.25) is 0 Å². The largest absolute Gasteiger partial charge is 0.441 e. The lowest BCUT2D eigenvalue weighted by molar-refractivity contribution is 0.00657. The van der Waals surface area contributed by atoms with Gasteiger partial charge in [0.15, 0.2) is 0 Å². The summed E-state index contributed by atoms with van der Waals surface area (Å²) in [6.45, 7) is 4.39. The number of nitrogens with zero attached hydrogens (tertiary/aromatic N) is 4. The molecular formula is C24H24N4O3. The first-order valence-electron chi connectivity index (χ1n) is 10.6. The molecule has 0 unspecified atom stereocenters. The quantitative estimate of drug-likeness (QED) is 0.654. The zero-order valence-corrected chi connectivity index (χ0v) is 17.2. The third-order valence-electron chi connectivity index (χ3n) is 6.12. The first kappa shape index (κ1) is 19.5. The maximum absolute atomic E-state index is 12.9. The van der Waals surface area contributed by atoms with E-state index in [9.17, 15) is 9.59 Å². The molecule has 2 amide bonds. The maximum atomic E-state index is 12.9. The van der Waals surface area contributed by atoms with Crippen LogP contribution < -0.4 is 0 Å². The monoisotopic (exact) mass is 416 g/mol. The van der Waals surface area contributed by atoms with Crippen LogP contribution in [0.5, 0.6) is 0 Å². The second kappa shape index (κ2) is 8.35. The number of hydrogen-bond acceptors (Lipinski definition) is 5. The first-order valence-corrected chi connectivity index (χ1v) is 10.6. The van der Waals surface area contributed by atoms with Crippen molar-refractivity contribution in [1.82, 2.24) is 19.7 Å². The molecule has 0 spiro atoms. The Hall–Kier alpha value is -3.45. The van der Waals surface area contributed by atoms with E-state index >= 15 is 0 Å². The molecule has 0 atom stereocenters. The van der Waals surface area contributed by atoms with Crippen molar-refractivity contribution >= 4 is 11.8 Å². The number of carbonyl (C=O) groups is 2. The Balaban J connectivity index is 1.12. The molecule has 7 heteroatoms. The van der Waals surface area contributed by atoms with Crippen molar-refractivity contribution in [2.45, 2.75) is 6.04 Å². The van der Waals surface area contributed by atoms with E-state index in [0.717, 1.165) is 29.8 Å². The Bertz CT molecular complexity index is 1040. The number of benzene rings is 2. The fraction of sp³-hybridized carbons (Fsp3) is 0.292. The van der Waals surface area contributed by atoms with Gasteiger partial charge in [0.05, 0.1) is 6.20 Å². The Morgan fingerprint density at radius 3 is 2.13 bits per heavy atom. The number of likely N-dealkylation sites (tertiary alicyclic amines) is 1. The lowest BCUT2D eigenvalue weighted by atomic mass is 10.0. The van der Waals surface area contributed by atoms with Gasteiger partial charge in [-0.25, -0.2) is 4.98 Å². The fourth-order valence-electron chi connectivity index (χ4n) is 4.22. The van der Waals surface area contributed by atoms with Crippen LogP contribution in [0.4, 0.5) is 0 Å². The van der Waals surface area contributed by atoms with Crippen molar-refractivity contribution in [3.63, 3.8) is 0 Å². The molecule has 2 aliphatic heterocycles. The summed E-state index contributed by atoms with van der Waals surface area (Å²) in [6.07, 6.45) is 2.89. The number of amides is 2. The minimum atomic E-state index is -0.158. The number of oxazole rings is 1. The molecule has 2 aliphatic rings. The molecule has 0 N–H and O–H groups in total. The number of hydrogen-bond donors (Lipinski definition) is 0. The van der Waals surface area contributed by atoms with Crippen LogP contribution in [0.25, 0.3) is 11.1 Å². The van der Waals surface area contributed by atoms with E-state index in [1.165, 1.54) is 12.5 Å². The summed E-state index contributed by atoms with van der Waals surface area (Å²) >= 11 is 0. The van der Waals surface area contributed by atoms with Gasteiger partial charge in [-0.15, -0.1) is 0 Å². The van der Waals surface area contributed by atoms with Gasteiger partial charge in [0, 0.05) is 50.9 Å². The number of aromatic nitrogens is 1. The smallest absolute Gasteiger partial charge is 0.309 e. The molecule has 3 heterocycles. The highest BCUT2D eigenvalue weighted by Gasteiger charge is 2.38. The molecule has 158 valence electrons. The van der Waals surface area contributed by atoms with Gasteiger partial charge in [0.2, 0.25) is 0 Å². The minimum absolute atomic E-state index is 0.0774. The number of carbonyl (C=O) groups excluding carboxylic acids is 2. The first-order chi connectivity index (χ1) is 15.2. The summed E-state index contributed by atoms with van der Waals surface area (Å²) in [4.78, 5) is 35.1. The van der Waals surface area contributed by atoms with Crippen molar-refractivity contribution in [1.29, 1.82) is 0 Å². The molecule has 2 fully saturated rings. The second-order valence-corrected chi connectivity index (χ2v) is 7.97. The molecule has 7 nitrogen and oxygen atoms in total. The average molecular weight is 416 g/mol. The lowest BCUT2D eigenvalue weighted by Crippen LogP contribution is -2.64. The summed E-state index contributed by atoms with van der Waals surface area (Å²) < 4.78 is 5.09. The highest BCUT2D eigenvalue weighted by atomic mass is 16.4. The lowest BCUT2D eigenvalue weighted by Gasteiger charge is -2.47. The molecular weight excluding hydrogens is 392 g/mol. The van der Waals surface area contributed by atoms with Gasteiger partial charge in [0.25, 0.3) is 11.8 Å².